The number of hydrogen-bond acceptors (Lipinski definition) is 2. The van der Waals surface area contributed by atoms with E-state index in [1.165, 1.54) is 12.1 Å². The Kier molecular flexibility index (Phi) is 5.11. The fourth-order valence-corrected chi connectivity index (χ4v) is 2.63. The highest BCUT2D eigenvalue weighted by molar-refractivity contribution is 9.10. The Hall–Kier alpha value is -1.27. The van der Waals surface area contributed by atoms with Crippen LogP contribution in [0.1, 0.15) is 29.4 Å². The Balaban J connectivity index is 2.35. The number of halogens is 3. The number of aryl methyl sites for hydroxylation is 1. The van der Waals surface area contributed by atoms with Gasteiger partial charge in [-0.25, -0.2) is 8.78 Å². The van der Waals surface area contributed by atoms with Gasteiger partial charge < -0.3 is 5.32 Å². The normalized spacial score (nSPS) is 11.1. The number of nitrogens with zero attached hydrogens (tertiary/aromatic N) is 2. The van der Waals surface area contributed by atoms with E-state index in [9.17, 15) is 8.78 Å². The lowest BCUT2D eigenvalue weighted by Gasteiger charge is -2.09. The number of aromatic nitrogens is 2. The van der Waals surface area contributed by atoms with Crippen molar-refractivity contribution in [1.29, 1.82) is 0 Å². The van der Waals surface area contributed by atoms with E-state index in [1.54, 1.807) is 4.68 Å². The van der Waals surface area contributed by atoms with Crippen LogP contribution in [0.15, 0.2) is 16.6 Å². The summed E-state index contributed by atoms with van der Waals surface area (Å²) >= 11 is 3.08. The predicted molar refractivity (Wildman–Crippen MR) is 82.2 cm³/mol. The van der Waals surface area contributed by atoms with Crippen molar-refractivity contribution in [3.05, 3.63) is 50.8 Å². The van der Waals surface area contributed by atoms with Crippen LogP contribution in [0.25, 0.3) is 0 Å². The lowest BCUT2D eigenvalue weighted by Crippen LogP contribution is -2.13. The Labute approximate surface area is 131 Å². The molecule has 1 N–H and O–H groups in total. The largest absolute Gasteiger partial charge is 0.313 e. The second kappa shape index (κ2) is 6.66. The van der Waals surface area contributed by atoms with Crippen molar-refractivity contribution in [2.24, 2.45) is 0 Å². The third kappa shape index (κ3) is 3.32. The molecule has 0 saturated heterocycles. The highest BCUT2D eigenvalue weighted by Crippen LogP contribution is 2.23. The van der Waals surface area contributed by atoms with Crippen LogP contribution < -0.4 is 5.32 Å². The average molecular weight is 358 g/mol. The standard InChI is InChI=1S/C15H18BrF2N3/c1-4-19-7-11-9(2)20-21(10(11)3)8-12-14(17)6-5-13(16)15(12)18/h5-6,19H,4,7-8H2,1-3H3. The van der Waals surface area contributed by atoms with Crippen LogP contribution in [-0.4, -0.2) is 16.3 Å². The average Bonchev–Trinajstić information content (AvgIpc) is 2.72. The first-order valence-electron chi connectivity index (χ1n) is 6.81. The predicted octanol–water partition coefficient (Wildman–Crippen LogP) is 3.70. The molecule has 0 aliphatic carbocycles. The summed E-state index contributed by atoms with van der Waals surface area (Å²) in [6.07, 6.45) is 0. The fourth-order valence-electron chi connectivity index (χ4n) is 2.26. The second-order valence-electron chi connectivity index (χ2n) is 4.91. The first kappa shape index (κ1) is 16.1. The SMILES string of the molecule is CCNCc1c(C)nn(Cc2c(F)ccc(Br)c2F)c1C. The highest BCUT2D eigenvalue weighted by atomic mass is 79.9. The minimum absolute atomic E-state index is 0.0185. The highest BCUT2D eigenvalue weighted by Gasteiger charge is 2.16. The van der Waals surface area contributed by atoms with Gasteiger partial charge in [0.05, 0.1) is 16.7 Å². The summed E-state index contributed by atoms with van der Waals surface area (Å²) in [5.74, 6) is -1.13. The zero-order valence-corrected chi connectivity index (χ0v) is 13.9. The molecule has 0 amide bonds. The summed E-state index contributed by atoms with van der Waals surface area (Å²) in [4.78, 5) is 0. The minimum Gasteiger partial charge on any atom is -0.313 e. The molecule has 2 aromatic rings. The van der Waals surface area contributed by atoms with Gasteiger partial charge in [-0.2, -0.15) is 5.10 Å². The maximum atomic E-state index is 14.0. The van der Waals surface area contributed by atoms with Crippen molar-refractivity contribution < 1.29 is 8.78 Å². The van der Waals surface area contributed by atoms with Gasteiger partial charge >= 0.3 is 0 Å². The van der Waals surface area contributed by atoms with Gasteiger partial charge in [-0.05, 0) is 48.5 Å². The topological polar surface area (TPSA) is 29.9 Å². The molecule has 1 heterocycles. The maximum absolute atomic E-state index is 14.0. The fraction of sp³-hybridized carbons (Fsp3) is 0.400. The summed E-state index contributed by atoms with van der Waals surface area (Å²) in [6, 6.07) is 2.62. The van der Waals surface area contributed by atoms with Crippen LogP contribution in [0.2, 0.25) is 0 Å². The molecule has 3 nitrogen and oxygen atoms in total. The first-order chi connectivity index (χ1) is 9.95. The van der Waals surface area contributed by atoms with E-state index in [4.69, 9.17) is 0 Å². The first-order valence-corrected chi connectivity index (χ1v) is 7.61. The Morgan fingerprint density at radius 3 is 2.62 bits per heavy atom. The molecule has 0 radical (unpaired) electrons. The molecule has 6 heteroatoms. The third-order valence-electron chi connectivity index (χ3n) is 3.53. The summed E-state index contributed by atoms with van der Waals surface area (Å²) < 4.78 is 29.8. The smallest absolute Gasteiger partial charge is 0.145 e. The summed E-state index contributed by atoms with van der Waals surface area (Å²) in [6.45, 7) is 7.50. The molecule has 1 aromatic heterocycles. The van der Waals surface area contributed by atoms with E-state index in [-0.39, 0.29) is 16.6 Å². The van der Waals surface area contributed by atoms with E-state index < -0.39 is 11.6 Å². The van der Waals surface area contributed by atoms with Crippen LogP contribution >= 0.6 is 15.9 Å². The molecule has 0 spiro atoms. The van der Waals surface area contributed by atoms with Crippen LogP contribution in [0.3, 0.4) is 0 Å². The van der Waals surface area contributed by atoms with Crippen molar-refractivity contribution in [3.63, 3.8) is 0 Å². The Morgan fingerprint density at radius 2 is 1.95 bits per heavy atom. The Bertz CT molecular complexity index is 653. The maximum Gasteiger partial charge on any atom is 0.145 e. The number of benzene rings is 1. The zero-order chi connectivity index (χ0) is 15.6. The molecule has 2 rings (SSSR count). The van der Waals surface area contributed by atoms with Gasteiger partial charge in [-0.1, -0.05) is 6.92 Å². The van der Waals surface area contributed by atoms with E-state index in [1.807, 2.05) is 20.8 Å². The zero-order valence-electron chi connectivity index (χ0n) is 12.3. The molecule has 0 aliphatic rings. The molecular formula is C15H18BrF2N3. The molecule has 21 heavy (non-hydrogen) atoms. The van der Waals surface area contributed by atoms with Crippen LogP contribution in [0, 0.1) is 25.5 Å². The van der Waals surface area contributed by atoms with Gasteiger partial charge in [0.15, 0.2) is 0 Å². The second-order valence-corrected chi connectivity index (χ2v) is 5.76. The molecule has 0 aliphatic heterocycles. The summed E-state index contributed by atoms with van der Waals surface area (Å²) in [7, 11) is 0. The number of rotatable bonds is 5. The third-order valence-corrected chi connectivity index (χ3v) is 4.14. The molecule has 0 atom stereocenters. The molecule has 0 fully saturated rings. The van der Waals surface area contributed by atoms with Crippen LogP contribution in [-0.2, 0) is 13.1 Å². The van der Waals surface area contributed by atoms with Gasteiger partial charge in [0.25, 0.3) is 0 Å². The lowest BCUT2D eigenvalue weighted by atomic mass is 10.1. The minimum atomic E-state index is -0.573. The van der Waals surface area contributed by atoms with E-state index in [0.29, 0.717) is 6.54 Å². The van der Waals surface area contributed by atoms with Crippen LogP contribution in [0.5, 0.6) is 0 Å². The molecule has 1 aromatic carbocycles. The molecular weight excluding hydrogens is 340 g/mol. The van der Waals surface area contributed by atoms with Crippen molar-refractivity contribution in [1.82, 2.24) is 15.1 Å². The molecule has 0 unspecified atom stereocenters. The van der Waals surface area contributed by atoms with Crippen molar-refractivity contribution in [3.8, 4) is 0 Å². The van der Waals surface area contributed by atoms with E-state index in [2.05, 4.69) is 26.3 Å². The van der Waals surface area contributed by atoms with Crippen molar-refractivity contribution in [2.45, 2.75) is 33.9 Å². The molecule has 0 saturated carbocycles. The Morgan fingerprint density at radius 1 is 1.24 bits per heavy atom. The summed E-state index contributed by atoms with van der Waals surface area (Å²) in [5.41, 5.74) is 2.90. The molecule has 0 bridgehead atoms. The van der Waals surface area contributed by atoms with Gasteiger partial charge in [0.1, 0.15) is 11.6 Å². The van der Waals surface area contributed by atoms with Gasteiger partial charge in [-0.3, -0.25) is 4.68 Å². The van der Waals surface area contributed by atoms with Gasteiger partial charge in [0.2, 0.25) is 0 Å². The van der Waals surface area contributed by atoms with E-state index in [0.717, 1.165) is 23.5 Å². The monoisotopic (exact) mass is 357 g/mol. The van der Waals surface area contributed by atoms with Crippen LogP contribution in [0.4, 0.5) is 8.78 Å². The van der Waals surface area contributed by atoms with Crippen molar-refractivity contribution >= 4 is 15.9 Å². The molecule has 114 valence electrons. The quantitative estimate of drug-likeness (QED) is 0.826. The van der Waals surface area contributed by atoms with E-state index >= 15 is 0 Å². The number of nitrogens with one attached hydrogen (secondary N) is 1. The summed E-state index contributed by atoms with van der Waals surface area (Å²) in [5, 5.41) is 7.64. The number of hydrogen-bond donors (Lipinski definition) is 1. The van der Waals surface area contributed by atoms with Gasteiger partial charge in [0, 0.05) is 23.4 Å². The van der Waals surface area contributed by atoms with Crippen molar-refractivity contribution in [2.75, 3.05) is 6.54 Å². The lowest BCUT2D eigenvalue weighted by molar-refractivity contribution is 0.525. The van der Waals surface area contributed by atoms with Gasteiger partial charge in [-0.15, -0.1) is 0 Å².